The van der Waals surface area contributed by atoms with Gasteiger partial charge in [-0.05, 0) is 20.0 Å². The first-order valence-electron chi connectivity index (χ1n) is 7.86. The summed E-state index contributed by atoms with van der Waals surface area (Å²) in [5, 5.41) is 3.02. The van der Waals surface area contributed by atoms with E-state index in [0.29, 0.717) is 38.3 Å². The van der Waals surface area contributed by atoms with Gasteiger partial charge in [0.05, 0.1) is 0 Å². The summed E-state index contributed by atoms with van der Waals surface area (Å²) < 4.78 is 15.7. The van der Waals surface area contributed by atoms with E-state index in [-0.39, 0.29) is 0 Å². The Labute approximate surface area is 145 Å². The van der Waals surface area contributed by atoms with Crippen LogP contribution >= 0.6 is 0 Å². The molecule has 0 radical (unpaired) electrons. The summed E-state index contributed by atoms with van der Waals surface area (Å²) in [6, 6.07) is 0.350. The molecular formula is C16H25NO6Si. The molecule has 0 saturated carbocycles. The first kappa shape index (κ1) is 22.1. The zero-order chi connectivity index (χ0) is 17.9. The third-order valence-corrected chi connectivity index (χ3v) is 4.27. The van der Waals surface area contributed by atoms with Crippen LogP contribution in [0.4, 0.5) is 0 Å². The molecule has 0 aliphatic heterocycles. The zero-order valence-electron chi connectivity index (χ0n) is 14.7. The SMILES string of the molecule is CCC#COO[Si](CCCNC)(OOC#CCC)OOC#CCC. The molecule has 7 nitrogen and oxygen atoms in total. The van der Waals surface area contributed by atoms with Crippen LogP contribution in [-0.4, -0.2) is 22.4 Å². The van der Waals surface area contributed by atoms with E-state index in [1.54, 1.807) is 0 Å². The highest BCUT2D eigenvalue weighted by Gasteiger charge is 2.49. The monoisotopic (exact) mass is 355 g/mol. The molecule has 0 amide bonds. The molecule has 134 valence electrons. The highest BCUT2D eigenvalue weighted by molar-refractivity contribution is 6.59. The molecule has 0 saturated heterocycles. The van der Waals surface area contributed by atoms with E-state index in [4.69, 9.17) is 28.4 Å². The Morgan fingerprint density at radius 2 is 1.17 bits per heavy atom. The van der Waals surface area contributed by atoms with Gasteiger partial charge in [-0.25, -0.2) is 0 Å². The summed E-state index contributed by atoms with van der Waals surface area (Å²) in [6.07, 6.45) is 9.70. The van der Waals surface area contributed by atoms with Crippen LogP contribution in [0.5, 0.6) is 0 Å². The van der Waals surface area contributed by atoms with Crippen LogP contribution in [-0.2, 0) is 28.4 Å². The van der Waals surface area contributed by atoms with Crippen LogP contribution in [0.3, 0.4) is 0 Å². The van der Waals surface area contributed by atoms with E-state index in [1.165, 1.54) is 0 Å². The largest absolute Gasteiger partial charge is 0.623 e. The third-order valence-electron chi connectivity index (χ3n) is 2.29. The van der Waals surface area contributed by atoms with Crippen molar-refractivity contribution in [2.45, 2.75) is 52.5 Å². The van der Waals surface area contributed by atoms with Gasteiger partial charge in [-0.1, -0.05) is 38.5 Å². The van der Waals surface area contributed by atoms with Crippen LogP contribution in [0.25, 0.3) is 0 Å². The number of hydrogen-bond acceptors (Lipinski definition) is 7. The molecule has 0 atom stereocenters. The van der Waals surface area contributed by atoms with Gasteiger partial charge in [-0.3, -0.25) is 14.7 Å². The second-order valence-corrected chi connectivity index (χ2v) is 6.65. The summed E-state index contributed by atoms with van der Waals surface area (Å²) in [5.74, 6) is 8.11. The molecule has 0 bridgehead atoms. The lowest BCUT2D eigenvalue weighted by Gasteiger charge is -2.21. The predicted octanol–water partition coefficient (Wildman–Crippen LogP) is 2.49. The van der Waals surface area contributed by atoms with Crippen molar-refractivity contribution in [2.24, 2.45) is 0 Å². The molecule has 1 N–H and O–H groups in total. The zero-order valence-corrected chi connectivity index (χ0v) is 15.7. The maximum absolute atomic E-state index is 5.25. The Morgan fingerprint density at radius 3 is 1.50 bits per heavy atom. The van der Waals surface area contributed by atoms with Crippen LogP contribution in [0.15, 0.2) is 0 Å². The molecule has 0 aliphatic carbocycles. The highest BCUT2D eigenvalue weighted by atomic mass is 28.4. The smallest absolute Gasteiger partial charge is 0.320 e. The summed E-state index contributed by atoms with van der Waals surface area (Å²) >= 11 is 0. The Hall–Kier alpha value is -1.86. The van der Waals surface area contributed by atoms with Gasteiger partial charge in [-0.15, -0.1) is 0 Å². The van der Waals surface area contributed by atoms with Gasteiger partial charge in [0, 0.05) is 25.3 Å². The van der Waals surface area contributed by atoms with Gasteiger partial charge in [0.2, 0.25) is 0 Å². The Bertz CT molecular complexity index is 429. The molecule has 0 heterocycles. The van der Waals surface area contributed by atoms with Crippen molar-refractivity contribution in [3.8, 4) is 36.1 Å². The topological polar surface area (TPSA) is 67.4 Å². The van der Waals surface area contributed by atoms with Crippen LogP contribution in [0.1, 0.15) is 46.5 Å². The van der Waals surface area contributed by atoms with Crippen molar-refractivity contribution in [3.63, 3.8) is 0 Å². The average Bonchev–Trinajstić information content (AvgIpc) is 2.60. The molecular weight excluding hydrogens is 330 g/mol. The minimum absolute atomic E-state index is 0.350. The Kier molecular flexibility index (Phi) is 14.8. The fourth-order valence-corrected chi connectivity index (χ4v) is 2.66. The standard InChI is InChI=1S/C16H25NO6Si/c1-5-8-13-18-21-24(16-11-12-17-4,22-19-14-9-6-2)23-20-15-10-7-3/h17H,5-7,11-12,16H2,1-4H3. The van der Waals surface area contributed by atoms with Crippen LogP contribution < -0.4 is 5.32 Å². The van der Waals surface area contributed by atoms with Gasteiger partial charge < -0.3 is 5.32 Å². The van der Waals surface area contributed by atoms with Crippen molar-refractivity contribution in [1.82, 2.24) is 5.32 Å². The second-order valence-electron chi connectivity index (χ2n) is 4.29. The van der Waals surface area contributed by atoms with Crippen molar-refractivity contribution in [1.29, 1.82) is 0 Å². The summed E-state index contributed by atoms with van der Waals surface area (Å²) in [5.41, 5.74) is 0. The summed E-state index contributed by atoms with van der Waals surface area (Å²) in [7, 11) is -1.66. The van der Waals surface area contributed by atoms with Crippen molar-refractivity contribution >= 4 is 8.80 Å². The van der Waals surface area contributed by atoms with E-state index < -0.39 is 8.80 Å². The Balaban J connectivity index is 4.96. The van der Waals surface area contributed by atoms with E-state index in [1.807, 2.05) is 27.8 Å². The number of nitrogens with one attached hydrogen (secondary N) is 1. The minimum Gasteiger partial charge on any atom is -0.320 e. The number of hydrogen-bond donors (Lipinski definition) is 1. The minimum atomic E-state index is -3.50. The quantitative estimate of drug-likeness (QED) is 0.212. The van der Waals surface area contributed by atoms with E-state index in [2.05, 4.69) is 41.4 Å². The van der Waals surface area contributed by atoms with E-state index in [0.717, 1.165) is 0 Å². The fourth-order valence-electron chi connectivity index (χ4n) is 1.21. The second kappa shape index (κ2) is 16.0. The maximum Gasteiger partial charge on any atom is 0.623 e. The lowest BCUT2D eigenvalue weighted by atomic mass is 10.5. The summed E-state index contributed by atoms with van der Waals surface area (Å²) in [4.78, 5) is 14.6. The van der Waals surface area contributed by atoms with Gasteiger partial charge in [-0.2, -0.15) is 13.7 Å². The van der Waals surface area contributed by atoms with Gasteiger partial charge in [0.1, 0.15) is 0 Å². The lowest BCUT2D eigenvalue weighted by molar-refractivity contribution is -0.310. The Morgan fingerprint density at radius 1 is 0.750 bits per heavy atom. The predicted molar refractivity (Wildman–Crippen MR) is 89.8 cm³/mol. The molecule has 0 rings (SSSR count). The van der Waals surface area contributed by atoms with Crippen LogP contribution in [0, 0.1) is 36.1 Å². The first-order chi connectivity index (χ1) is 11.7. The van der Waals surface area contributed by atoms with E-state index >= 15 is 0 Å². The van der Waals surface area contributed by atoms with Gasteiger partial charge >= 0.3 is 8.80 Å². The first-order valence-corrected chi connectivity index (χ1v) is 9.80. The summed E-state index contributed by atoms with van der Waals surface area (Å²) in [6.45, 7) is 6.36. The molecule has 0 spiro atoms. The van der Waals surface area contributed by atoms with Crippen molar-refractivity contribution in [3.05, 3.63) is 0 Å². The lowest BCUT2D eigenvalue weighted by Crippen LogP contribution is -2.45. The third kappa shape index (κ3) is 11.7. The van der Waals surface area contributed by atoms with Crippen LogP contribution in [0.2, 0.25) is 6.04 Å². The molecule has 0 aromatic rings. The molecule has 0 aromatic carbocycles. The number of rotatable bonds is 10. The van der Waals surface area contributed by atoms with E-state index in [9.17, 15) is 0 Å². The maximum atomic E-state index is 5.25. The van der Waals surface area contributed by atoms with Crippen molar-refractivity contribution < 1.29 is 28.4 Å². The highest BCUT2D eigenvalue weighted by Crippen LogP contribution is 2.19. The molecule has 24 heavy (non-hydrogen) atoms. The van der Waals surface area contributed by atoms with Gasteiger partial charge in [0.25, 0.3) is 0 Å². The molecule has 0 aromatic heterocycles. The molecule has 0 unspecified atom stereocenters. The molecule has 8 heteroatoms. The normalized spacial score (nSPS) is 9.50. The molecule has 0 fully saturated rings. The van der Waals surface area contributed by atoms with Gasteiger partial charge in [0.15, 0.2) is 18.3 Å². The fraction of sp³-hybridized carbons (Fsp3) is 0.625. The average molecular weight is 355 g/mol. The van der Waals surface area contributed by atoms with Crippen molar-refractivity contribution in [2.75, 3.05) is 13.6 Å². The molecule has 0 aliphatic rings.